The smallest absolute Gasteiger partial charge is 0.134 e. The highest BCUT2D eigenvalue weighted by Gasteiger charge is 2.13. The lowest BCUT2D eigenvalue weighted by Crippen LogP contribution is -2.06. The lowest BCUT2D eigenvalue weighted by molar-refractivity contribution is 0.151. The Labute approximate surface area is 91.5 Å². The standard InChI is InChI=1S/C12H19NO2/c1-12(2)5-6-13-10-11(9-12)15-8-4-7-14-3/h5-6,9-10H,4,7-8H2,1-3H3. The fourth-order valence-electron chi connectivity index (χ4n) is 1.28. The van der Waals surface area contributed by atoms with Gasteiger partial charge in [0.15, 0.2) is 0 Å². The SMILES string of the molecule is COCCCOC1=CC(C)(C)C=CN=C1. The molecule has 1 aliphatic heterocycles. The van der Waals surface area contributed by atoms with Gasteiger partial charge in [0.1, 0.15) is 5.76 Å². The molecule has 0 amide bonds. The van der Waals surface area contributed by atoms with Crippen LogP contribution in [0, 0.1) is 5.41 Å². The van der Waals surface area contributed by atoms with E-state index < -0.39 is 0 Å². The molecule has 0 atom stereocenters. The van der Waals surface area contributed by atoms with Crippen molar-refractivity contribution in [2.45, 2.75) is 20.3 Å². The van der Waals surface area contributed by atoms with Gasteiger partial charge in [0.05, 0.1) is 12.8 Å². The molecule has 1 aliphatic rings. The summed E-state index contributed by atoms with van der Waals surface area (Å²) in [4.78, 5) is 4.12. The number of ether oxygens (including phenoxy) is 2. The molecule has 0 saturated heterocycles. The highest BCUT2D eigenvalue weighted by atomic mass is 16.5. The first kappa shape index (κ1) is 12.0. The van der Waals surface area contributed by atoms with Crippen LogP contribution in [0.3, 0.4) is 0 Å². The van der Waals surface area contributed by atoms with E-state index in [2.05, 4.69) is 31.0 Å². The number of methoxy groups -OCH3 is 1. The van der Waals surface area contributed by atoms with Gasteiger partial charge in [-0.25, -0.2) is 0 Å². The molecule has 0 aliphatic carbocycles. The predicted molar refractivity (Wildman–Crippen MR) is 61.9 cm³/mol. The Hall–Kier alpha value is -1.09. The summed E-state index contributed by atoms with van der Waals surface area (Å²) in [5.74, 6) is 0.834. The van der Waals surface area contributed by atoms with Crippen molar-refractivity contribution in [1.29, 1.82) is 0 Å². The average molecular weight is 209 g/mol. The molecule has 0 aromatic carbocycles. The monoisotopic (exact) mass is 209 g/mol. The van der Waals surface area contributed by atoms with E-state index in [9.17, 15) is 0 Å². The maximum atomic E-state index is 5.59. The Balaban J connectivity index is 2.43. The quantitative estimate of drug-likeness (QED) is 0.651. The number of allylic oxidation sites excluding steroid dienone is 3. The Morgan fingerprint density at radius 3 is 2.87 bits per heavy atom. The van der Waals surface area contributed by atoms with Gasteiger partial charge in [0.2, 0.25) is 0 Å². The van der Waals surface area contributed by atoms with Crippen molar-refractivity contribution >= 4 is 6.21 Å². The van der Waals surface area contributed by atoms with Crippen LogP contribution in [0.15, 0.2) is 29.1 Å². The fourth-order valence-corrected chi connectivity index (χ4v) is 1.28. The summed E-state index contributed by atoms with van der Waals surface area (Å²) in [6, 6.07) is 0. The summed E-state index contributed by atoms with van der Waals surface area (Å²) < 4.78 is 10.5. The van der Waals surface area contributed by atoms with E-state index in [0.29, 0.717) is 6.61 Å². The molecule has 0 spiro atoms. The van der Waals surface area contributed by atoms with Crippen LogP contribution in [0.2, 0.25) is 0 Å². The summed E-state index contributed by atoms with van der Waals surface area (Å²) in [7, 11) is 1.69. The molecule has 0 saturated carbocycles. The maximum Gasteiger partial charge on any atom is 0.134 e. The minimum Gasteiger partial charge on any atom is -0.492 e. The van der Waals surface area contributed by atoms with E-state index in [1.165, 1.54) is 0 Å². The van der Waals surface area contributed by atoms with Crippen molar-refractivity contribution in [3.8, 4) is 0 Å². The lowest BCUT2D eigenvalue weighted by atomic mass is 9.93. The van der Waals surface area contributed by atoms with E-state index in [1.54, 1.807) is 13.3 Å². The Morgan fingerprint density at radius 1 is 1.33 bits per heavy atom. The van der Waals surface area contributed by atoms with Crippen molar-refractivity contribution < 1.29 is 9.47 Å². The molecule has 1 rings (SSSR count). The number of hydrogen-bond donors (Lipinski definition) is 0. The van der Waals surface area contributed by atoms with E-state index >= 15 is 0 Å². The summed E-state index contributed by atoms with van der Waals surface area (Å²) in [5, 5.41) is 0. The number of hydrogen-bond acceptors (Lipinski definition) is 3. The van der Waals surface area contributed by atoms with Crippen molar-refractivity contribution in [2.24, 2.45) is 10.4 Å². The zero-order valence-corrected chi connectivity index (χ0v) is 9.69. The van der Waals surface area contributed by atoms with Gasteiger partial charge in [-0.1, -0.05) is 19.9 Å². The van der Waals surface area contributed by atoms with Crippen LogP contribution < -0.4 is 0 Å². The van der Waals surface area contributed by atoms with Crippen LogP contribution in [0.25, 0.3) is 0 Å². The normalized spacial score (nSPS) is 18.5. The average Bonchev–Trinajstić information content (AvgIpc) is 2.34. The third-order valence-electron chi connectivity index (χ3n) is 2.07. The zero-order valence-electron chi connectivity index (χ0n) is 9.69. The van der Waals surface area contributed by atoms with E-state index in [0.717, 1.165) is 18.8 Å². The van der Waals surface area contributed by atoms with Gasteiger partial charge < -0.3 is 9.47 Å². The van der Waals surface area contributed by atoms with Gasteiger partial charge in [0, 0.05) is 31.8 Å². The Bertz CT molecular complexity index is 277. The van der Waals surface area contributed by atoms with Gasteiger partial charge in [-0.2, -0.15) is 0 Å². The second kappa shape index (κ2) is 5.71. The number of nitrogens with zero attached hydrogens (tertiary/aromatic N) is 1. The van der Waals surface area contributed by atoms with Gasteiger partial charge in [-0.3, -0.25) is 4.99 Å². The fraction of sp³-hybridized carbons (Fsp3) is 0.583. The molecule has 0 aromatic rings. The molecule has 0 radical (unpaired) electrons. The van der Waals surface area contributed by atoms with E-state index in [-0.39, 0.29) is 5.41 Å². The lowest BCUT2D eigenvalue weighted by Gasteiger charge is -2.14. The number of aliphatic imine (C=N–C) groups is 1. The Morgan fingerprint density at radius 2 is 2.13 bits per heavy atom. The van der Waals surface area contributed by atoms with E-state index in [1.807, 2.05) is 6.20 Å². The first-order valence-corrected chi connectivity index (χ1v) is 5.19. The summed E-state index contributed by atoms with van der Waals surface area (Å²) in [5.41, 5.74) is 0.00703. The van der Waals surface area contributed by atoms with Crippen LogP contribution in [0.1, 0.15) is 20.3 Å². The van der Waals surface area contributed by atoms with E-state index in [4.69, 9.17) is 9.47 Å². The number of rotatable bonds is 5. The van der Waals surface area contributed by atoms with Crippen molar-refractivity contribution in [1.82, 2.24) is 0 Å². The third-order valence-corrected chi connectivity index (χ3v) is 2.07. The van der Waals surface area contributed by atoms with Gasteiger partial charge in [-0.05, 0) is 6.08 Å². The molecular formula is C12H19NO2. The molecule has 1 heterocycles. The minimum absolute atomic E-state index is 0.00703. The molecule has 15 heavy (non-hydrogen) atoms. The molecule has 3 heteroatoms. The topological polar surface area (TPSA) is 30.8 Å². The van der Waals surface area contributed by atoms with Crippen molar-refractivity contribution in [3.05, 3.63) is 24.1 Å². The molecule has 0 N–H and O–H groups in total. The predicted octanol–water partition coefficient (Wildman–Crippen LogP) is 2.55. The molecule has 0 bridgehead atoms. The van der Waals surface area contributed by atoms with Crippen LogP contribution in [-0.2, 0) is 9.47 Å². The zero-order chi connectivity index (χ0) is 11.1. The van der Waals surface area contributed by atoms with Crippen molar-refractivity contribution in [3.63, 3.8) is 0 Å². The second-order valence-electron chi connectivity index (χ2n) is 4.16. The molecular weight excluding hydrogens is 190 g/mol. The second-order valence-corrected chi connectivity index (χ2v) is 4.16. The highest BCUT2D eigenvalue weighted by Crippen LogP contribution is 2.22. The summed E-state index contributed by atoms with van der Waals surface area (Å²) in [6.07, 6.45) is 8.58. The third kappa shape index (κ3) is 4.79. The van der Waals surface area contributed by atoms with Crippen LogP contribution in [0.4, 0.5) is 0 Å². The highest BCUT2D eigenvalue weighted by molar-refractivity contribution is 5.77. The Kier molecular flexibility index (Phi) is 4.56. The van der Waals surface area contributed by atoms with Crippen LogP contribution in [0.5, 0.6) is 0 Å². The van der Waals surface area contributed by atoms with Crippen molar-refractivity contribution in [2.75, 3.05) is 20.3 Å². The first-order chi connectivity index (χ1) is 7.14. The van der Waals surface area contributed by atoms with Crippen LogP contribution in [-0.4, -0.2) is 26.5 Å². The van der Waals surface area contributed by atoms with Crippen LogP contribution >= 0.6 is 0 Å². The van der Waals surface area contributed by atoms with Gasteiger partial charge >= 0.3 is 0 Å². The first-order valence-electron chi connectivity index (χ1n) is 5.19. The molecule has 84 valence electrons. The largest absolute Gasteiger partial charge is 0.492 e. The molecule has 3 nitrogen and oxygen atoms in total. The maximum absolute atomic E-state index is 5.59. The molecule has 0 aromatic heterocycles. The molecule has 0 unspecified atom stereocenters. The van der Waals surface area contributed by atoms with Gasteiger partial charge in [-0.15, -0.1) is 0 Å². The summed E-state index contributed by atoms with van der Waals surface area (Å²) in [6.45, 7) is 5.64. The molecule has 0 fully saturated rings. The summed E-state index contributed by atoms with van der Waals surface area (Å²) >= 11 is 0. The minimum atomic E-state index is 0.00703. The van der Waals surface area contributed by atoms with Gasteiger partial charge in [0.25, 0.3) is 0 Å².